The maximum absolute atomic E-state index is 12.3. The molecule has 0 atom stereocenters. The van der Waals surface area contributed by atoms with Gasteiger partial charge in [-0.1, -0.05) is 35.9 Å². The highest BCUT2D eigenvalue weighted by Crippen LogP contribution is 2.12. The molecule has 0 unspecified atom stereocenters. The summed E-state index contributed by atoms with van der Waals surface area (Å²) in [6.45, 7) is 2.90. The predicted octanol–water partition coefficient (Wildman–Crippen LogP) is 1.99. The van der Waals surface area contributed by atoms with Crippen LogP contribution in [0.5, 0.6) is 5.75 Å². The molecule has 1 amide bonds. The third-order valence-corrected chi connectivity index (χ3v) is 4.94. The molecule has 3 rings (SSSR count). The number of benzene rings is 2. The molecule has 136 valence electrons. The number of aromatic hydroxyl groups is 1. The molecule has 1 aliphatic heterocycles. The summed E-state index contributed by atoms with van der Waals surface area (Å²) in [6, 6.07) is 14.7. The lowest BCUT2D eigenvalue weighted by molar-refractivity contribution is -0.919. The lowest BCUT2D eigenvalue weighted by Crippen LogP contribution is -3.11. The Kier molecular flexibility index (Phi) is 6.26. The van der Waals surface area contributed by atoms with E-state index in [1.165, 1.54) is 10.5 Å². The van der Waals surface area contributed by atoms with Gasteiger partial charge in [-0.15, -0.1) is 0 Å². The molecule has 1 fully saturated rings. The standard InChI is InChI=1S/C20H22ClN3O2/c21-18-6-4-15(5-7-18)14-24-10-8-17(9-11-24)20(26)23-22-13-16-2-1-3-19(25)12-16/h1-7,12-13,17,25H,8-11,14H2,(H,23,26)/p+1/b22-13-. The van der Waals surface area contributed by atoms with Crippen LogP contribution in [0.4, 0.5) is 0 Å². The van der Waals surface area contributed by atoms with E-state index in [1.807, 2.05) is 18.2 Å². The van der Waals surface area contributed by atoms with Crippen LogP contribution in [-0.4, -0.2) is 30.3 Å². The number of phenolic OH excluding ortho intramolecular Hbond substituents is 1. The van der Waals surface area contributed by atoms with Crippen molar-refractivity contribution in [3.8, 4) is 5.75 Å². The number of hydrogen-bond acceptors (Lipinski definition) is 3. The van der Waals surface area contributed by atoms with Crippen molar-refractivity contribution < 1.29 is 14.8 Å². The molecule has 0 radical (unpaired) electrons. The summed E-state index contributed by atoms with van der Waals surface area (Å²) < 4.78 is 0. The van der Waals surface area contributed by atoms with E-state index >= 15 is 0 Å². The van der Waals surface area contributed by atoms with E-state index in [0.717, 1.165) is 43.1 Å². The minimum atomic E-state index is -0.0352. The highest BCUT2D eigenvalue weighted by molar-refractivity contribution is 6.30. The second kappa shape index (κ2) is 8.83. The van der Waals surface area contributed by atoms with Gasteiger partial charge in [-0.25, -0.2) is 5.43 Å². The Morgan fingerprint density at radius 3 is 2.65 bits per heavy atom. The van der Waals surface area contributed by atoms with Gasteiger partial charge in [0.1, 0.15) is 12.3 Å². The smallest absolute Gasteiger partial charge is 0.243 e. The Hall–Kier alpha value is -2.37. The highest BCUT2D eigenvalue weighted by Gasteiger charge is 2.27. The SMILES string of the molecule is O=C(N/N=C\c1cccc(O)c1)C1CC[NH+](Cc2ccc(Cl)cc2)CC1. The van der Waals surface area contributed by atoms with Crippen molar-refractivity contribution >= 4 is 23.7 Å². The largest absolute Gasteiger partial charge is 0.508 e. The van der Waals surface area contributed by atoms with Crippen LogP contribution in [0.1, 0.15) is 24.0 Å². The zero-order valence-corrected chi connectivity index (χ0v) is 15.2. The third kappa shape index (κ3) is 5.31. The van der Waals surface area contributed by atoms with Crippen molar-refractivity contribution in [3.63, 3.8) is 0 Å². The topological polar surface area (TPSA) is 66.1 Å². The fourth-order valence-corrected chi connectivity index (χ4v) is 3.35. The Balaban J connectivity index is 1.43. The van der Waals surface area contributed by atoms with E-state index in [-0.39, 0.29) is 17.6 Å². The maximum atomic E-state index is 12.3. The van der Waals surface area contributed by atoms with Crippen LogP contribution in [0.15, 0.2) is 53.6 Å². The van der Waals surface area contributed by atoms with Gasteiger partial charge in [-0.3, -0.25) is 4.79 Å². The molecular weight excluding hydrogens is 350 g/mol. The van der Waals surface area contributed by atoms with Crippen molar-refractivity contribution in [3.05, 3.63) is 64.7 Å². The first kappa shape index (κ1) is 18.4. The maximum Gasteiger partial charge on any atom is 0.243 e. The molecule has 0 bridgehead atoms. The monoisotopic (exact) mass is 372 g/mol. The van der Waals surface area contributed by atoms with Crippen molar-refractivity contribution in [1.29, 1.82) is 0 Å². The number of phenols is 1. The molecular formula is C20H23ClN3O2+. The van der Waals surface area contributed by atoms with E-state index in [0.29, 0.717) is 0 Å². The summed E-state index contributed by atoms with van der Waals surface area (Å²) in [5.74, 6) is 0.147. The molecule has 2 aromatic rings. The molecule has 0 saturated carbocycles. The highest BCUT2D eigenvalue weighted by atomic mass is 35.5. The van der Waals surface area contributed by atoms with Gasteiger partial charge in [0.15, 0.2) is 0 Å². The Morgan fingerprint density at radius 2 is 1.96 bits per heavy atom. The quantitative estimate of drug-likeness (QED) is 0.555. The number of amides is 1. The fraction of sp³-hybridized carbons (Fsp3) is 0.300. The van der Waals surface area contributed by atoms with E-state index in [4.69, 9.17) is 11.6 Å². The predicted molar refractivity (Wildman–Crippen MR) is 102 cm³/mol. The molecule has 0 spiro atoms. The average molecular weight is 373 g/mol. The summed E-state index contributed by atoms with van der Waals surface area (Å²) in [7, 11) is 0. The lowest BCUT2D eigenvalue weighted by Gasteiger charge is -2.28. The van der Waals surface area contributed by atoms with E-state index < -0.39 is 0 Å². The number of nitrogens with zero attached hydrogens (tertiary/aromatic N) is 1. The van der Waals surface area contributed by atoms with Crippen LogP contribution < -0.4 is 10.3 Å². The van der Waals surface area contributed by atoms with Crippen LogP contribution >= 0.6 is 11.6 Å². The number of halogens is 1. The van der Waals surface area contributed by atoms with E-state index in [2.05, 4.69) is 22.7 Å². The molecule has 0 aromatic heterocycles. The number of hydrogen-bond donors (Lipinski definition) is 3. The second-order valence-electron chi connectivity index (χ2n) is 6.66. The average Bonchev–Trinajstić information content (AvgIpc) is 2.64. The number of carbonyl (C=O) groups is 1. The van der Waals surface area contributed by atoms with Crippen molar-refractivity contribution in [2.75, 3.05) is 13.1 Å². The van der Waals surface area contributed by atoms with Crippen LogP contribution in [-0.2, 0) is 11.3 Å². The first-order valence-electron chi connectivity index (χ1n) is 8.80. The Bertz CT molecular complexity index is 769. The molecule has 3 N–H and O–H groups in total. The molecule has 6 heteroatoms. The zero-order chi connectivity index (χ0) is 18.4. The molecule has 26 heavy (non-hydrogen) atoms. The van der Waals surface area contributed by atoms with Gasteiger partial charge in [0.25, 0.3) is 0 Å². The van der Waals surface area contributed by atoms with Gasteiger partial charge in [0.2, 0.25) is 5.91 Å². The van der Waals surface area contributed by atoms with Gasteiger partial charge >= 0.3 is 0 Å². The number of likely N-dealkylation sites (tertiary alicyclic amines) is 1. The van der Waals surface area contributed by atoms with Crippen molar-refractivity contribution in [1.82, 2.24) is 5.43 Å². The molecule has 5 nitrogen and oxygen atoms in total. The third-order valence-electron chi connectivity index (χ3n) is 4.69. The van der Waals surface area contributed by atoms with Gasteiger partial charge in [0, 0.05) is 23.4 Å². The van der Waals surface area contributed by atoms with E-state index in [9.17, 15) is 9.90 Å². The van der Waals surface area contributed by atoms with Crippen LogP contribution in [0.2, 0.25) is 5.02 Å². The van der Waals surface area contributed by atoms with E-state index in [1.54, 1.807) is 24.4 Å². The van der Waals surface area contributed by atoms with Crippen molar-refractivity contribution in [2.45, 2.75) is 19.4 Å². The summed E-state index contributed by atoms with van der Waals surface area (Å²) in [6.07, 6.45) is 3.26. The minimum absolute atomic E-state index is 0.00490. The van der Waals surface area contributed by atoms with Crippen LogP contribution in [0.25, 0.3) is 0 Å². The van der Waals surface area contributed by atoms with Crippen LogP contribution in [0.3, 0.4) is 0 Å². The normalized spacial score (nSPS) is 20.2. The van der Waals surface area contributed by atoms with Gasteiger partial charge in [-0.2, -0.15) is 5.10 Å². The lowest BCUT2D eigenvalue weighted by atomic mass is 9.96. The summed E-state index contributed by atoms with van der Waals surface area (Å²) in [5.41, 5.74) is 4.63. The fourth-order valence-electron chi connectivity index (χ4n) is 3.22. The van der Waals surface area contributed by atoms with Gasteiger partial charge in [-0.05, 0) is 29.8 Å². The molecule has 2 aromatic carbocycles. The molecule has 0 aliphatic carbocycles. The Morgan fingerprint density at radius 1 is 1.23 bits per heavy atom. The number of hydrazone groups is 1. The number of nitrogens with one attached hydrogen (secondary N) is 2. The molecule has 1 heterocycles. The zero-order valence-electron chi connectivity index (χ0n) is 14.5. The number of carbonyl (C=O) groups excluding carboxylic acids is 1. The van der Waals surface area contributed by atoms with Gasteiger partial charge in [0.05, 0.1) is 25.2 Å². The number of rotatable bonds is 5. The summed E-state index contributed by atoms with van der Waals surface area (Å²) in [4.78, 5) is 13.7. The second-order valence-corrected chi connectivity index (χ2v) is 7.09. The first-order valence-corrected chi connectivity index (χ1v) is 9.18. The summed E-state index contributed by atoms with van der Waals surface area (Å²) in [5, 5.41) is 14.2. The van der Waals surface area contributed by atoms with Crippen molar-refractivity contribution in [2.24, 2.45) is 11.0 Å². The summed E-state index contributed by atoms with van der Waals surface area (Å²) >= 11 is 5.92. The number of quaternary nitrogens is 1. The number of piperidine rings is 1. The molecule has 1 saturated heterocycles. The minimum Gasteiger partial charge on any atom is -0.508 e. The van der Waals surface area contributed by atoms with Gasteiger partial charge < -0.3 is 10.0 Å². The first-order chi connectivity index (χ1) is 12.6. The Labute approximate surface area is 158 Å². The van der Waals surface area contributed by atoms with Crippen LogP contribution in [0, 0.1) is 5.92 Å². The molecule has 1 aliphatic rings.